The average molecular weight is 413 g/mol. The van der Waals surface area contributed by atoms with Gasteiger partial charge in [-0.25, -0.2) is 0 Å². The molecule has 0 heterocycles. The van der Waals surface area contributed by atoms with Gasteiger partial charge in [0, 0.05) is 34.1 Å². The minimum absolute atomic E-state index is 0.582. The molecule has 0 amide bonds. The van der Waals surface area contributed by atoms with Gasteiger partial charge in [-0.05, 0) is 97.1 Å². The number of nitrogens with one attached hydrogen (secondary N) is 1. The molecular weight excluding hydrogens is 390 g/mol. The van der Waals surface area contributed by atoms with Crippen molar-refractivity contribution in [3.8, 4) is 11.5 Å². The maximum absolute atomic E-state index is 5.76. The van der Waals surface area contributed by atoms with E-state index in [1.807, 2.05) is 97.1 Å². The van der Waals surface area contributed by atoms with Crippen LogP contribution in [0.25, 0.3) is 0 Å². The molecule has 7 N–H and O–H groups in total. The van der Waals surface area contributed by atoms with Gasteiger partial charge in [-0.2, -0.15) is 11.8 Å². The molecule has 7 heteroatoms. The standard InChI is InChI=1S/C24H23N5O2/c25-17-1-3-18(4-2-17)28-19-5-7-20(8-6-19)29(21-9-13-23(30-26)14-10-21)22-11-15-24(31-27)16-12-22/h1-16,28H,25-27H2. The molecule has 4 aromatic carbocycles. The molecule has 156 valence electrons. The van der Waals surface area contributed by atoms with Gasteiger partial charge >= 0.3 is 0 Å². The molecule has 0 aliphatic carbocycles. The van der Waals surface area contributed by atoms with E-state index in [1.165, 1.54) is 0 Å². The second-order valence-electron chi connectivity index (χ2n) is 6.85. The summed E-state index contributed by atoms with van der Waals surface area (Å²) in [5.74, 6) is 11.7. The van der Waals surface area contributed by atoms with Crippen LogP contribution in [0, 0.1) is 0 Å². The van der Waals surface area contributed by atoms with E-state index in [-0.39, 0.29) is 0 Å². The molecule has 7 nitrogen and oxygen atoms in total. The Bertz CT molecular complexity index is 1070. The molecule has 0 bridgehead atoms. The van der Waals surface area contributed by atoms with Gasteiger partial charge in [-0.1, -0.05) is 0 Å². The van der Waals surface area contributed by atoms with Crippen LogP contribution in [0.4, 0.5) is 34.1 Å². The number of rotatable bonds is 7. The van der Waals surface area contributed by atoms with Crippen LogP contribution in [-0.4, -0.2) is 0 Å². The van der Waals surface area contributed by atoms with Crippen LogP contribution in [0.15, 0.2) is 97.1 Å². The van der Waals surface area contributed by atoms with Crippen LogP contribution in [0.5, 0.6) is 11.5 Å². The smallest absolute Gasteiger partial charge is 0.146 e. The molecule has 0 radical (unpaired) electrons. The fraction of sp³-hybridized carbons (Fsp3) is 0. The van der Waals surface area contributed by atoms with Crippen LogP contribution >= 0.6 is 0 Å². The van der Waals surface area contributed by atoms with E-state index in [0.29, 0.717) is 11.5 Å². The van der Waals surface area contributed by atoms with Gasteiger partial charge in [-0.3, -0.25) is 0 Å². The number of hydrogen-bond acceptors (Lipinski definition) is 7. The number of benzene rings is 4. The Hall–Kier alpha value is -4.20. The minimum atomic E-state index is 0.582. The van der Waals surface area contributed by atoms with E-state index in [1.54, 1.807) is 0 Å². The fourth-order valence-corrected chi connectivity index (χ4v) is 3.22. The van der Waals surface area contributed by atoms with E-state index < -0.39 is 0 Å². The maximum Gasteiger partial charge on any atom is 0.146 e. The lowest BCUT2D eigenvalue weighted by Crippen LogP contribution is -2.10. The first-order chi connectivity index (χ1) is 15.2. The van der Waals surface area contributed by atoms with Crippen molar-refractivity contribution in [3.05, 3.63) is 97.1 Å². The van der Waals surface area contributed by atoms with Crippen molar-refractivity contribution >= 4 is 34.1 Å². The monoisotopic (exact) mass is 413 g/mol. The molecule has 0 saturated heterocycles. The number of hydrogen-bond donors (Lipinski definition) is 4. The van der Waals surface area contributed by atoms with Gasteiger partial charge in [-0.15, -0.1) is 0 Å². The first kappa shape index (κ1) is 20.1. The summed E-state index contributed by atoms with van der Waals surface area (Å²) in [5.41, 5.74) is 11.3. The second kappa shape index (κ2) is 9.08. The van der Waals surface area contributed by atoms with E-state index in [4.69, 9.17) is 27.2 Å². The number of anilines is 6. The third-order valence-electron chi connectivity index (χ3n) is 4.79. The Balaban J connectivity index is 1.65. The topological polar surface area (TPSA) is 112 Å². The minimum Gasteiger partial charge on any atom is -0.412 e. The summed E-state index contributed by atoms with van der Waals surface area (Å²) in [7, 11) is 0. The predicted octanol–water partition coefficient (Wildman–Crippen LogP) is 4.99. The van der Waals surface area contributed by atoms with E-state index in [9.17, 15) is 0 Å². The molecule has 31 heavy (non-hydrogen) atoms. The highest BCUT2D eigenvalue weighted by molar-refractivity contribution is 5.78. The first-order valence-electron chi connectivity index (χ1n) is 9.62. The van der Waals surface area contributed by atoms with Crippen molar-refractivity contribution in [1.29, 1.82) is 0 Å². The number of nitrogens with two attached hydrogens (primary N) is 3. The van der Waals surface area contributed by atoms with Gasteiger partial charge in [0.05, 0.1) is 0 Å². The van der Waals surface area contributed by atoms with E-state index >= 15 is 0 Å². The van der Waals surface area contributed by atoms with Gasteiger partial charge < -0.3 is 25.6 Å². The summed E-state index contributed by atoms with van der Waals surface area (Å²) < 4.78 is 0. The number of nitrogens with zero attached hydrogens (tertiary/aromatic N) is 1. The normalized spacial score (nSPS) is 10.4. The van der Waals surface area contributed by atoms with Crippen molar-refractivity contribution in [2.45, 2.75) is 0 Å². The third kappa shape index (κ3) is 4.69. The molecule has 4 aromatic rings. The van der Waals surface area contributed by atoms with Gasteiger partial charge in [0.25, 0.3) is 0 Å². The summed E-state index contributed by atoms with van der Waals surface area (Å²) in [6.45, 7) is 0. The highest BCUT2D eigenvalue weighted by Crippen LogP contribution is 2.36. The molecule has 4 rings (SSSR count). The molecule has 0 aliphatic heterocycles. The summed E-state index contributed by atoms with van der Waals surface area (Å²) in [4.78, 5) is 11.7. The van der Waals surface area contributed by atoms with Gasteiger partial charge in [0.15, 0.2) is 0 Å². The fourth-order valence-electron chi connectivity index (χ4n) is 3.22. The molecular formula is C24H23N5O2. The molecule has 0 aliphatic rings. The second-order valence-corrected chi connectivity index (χ2v) is 6.85. The highest BCUT2D eigenvalue weighted by Gasteiger charge is 2.13. The molecule has 0 fully saturated rings. The summed E-state index contributed by atoms with van der Waals surface area (Å²) in [6.07, 6.45) is 0. The van der Waals surface area contributed by atoms with Crippen LogP contribution in [0.1, 0.15) is 0 Å². The zero-order chi connectivity index (χ0) is 21.6. The lowest BCUT2D eigenvalue weighted by atomic mass is 10.1. The van der Waals surface area contributed by atoms with Crippen LogP contribution in [0.2, 0.25) is 0 Å². The van der Waals surface area contributed by atoms with Crippen molar-refractivity contribution in [2.24, 2.45) is 11.8 Å². The third-order valence-corrected chi connectivity index (χ3v) is 4.79. The molecule has 0 aromatic heterocycles. The van der Waals surface area contributed by atoms with Crippen molar-refractivity contribution in [3.63, 3.8) is 0 Å². The summed E-state index contributed by atoms with van der Waals surface area (Å²) in [5, 5.41) is 3.37. The maximum atomic E-state index is 5.76. The average Bonchev–Trinajstić information content (AvgIpc) is 2.83. The summed E-state index contributed by atoms with van der Waals surface area (Å²) >= 11 is 0. The summed E-state index contributed by atoms with van der Waals surface area (Å²) in [6, 6.07) is 30.8. The Kier molecular flexibility index (Phi) is 5.89. The number of nitrogen functional groups attached to an aromatic ring is 1. The van der Waals surface area contributed by atoms with Crippen LogP contribution < -0.4 is 37.4 Å². The Morgan fingerprint density at radius 1 is 0.516 bits per heavy atom. The van der Waals surface area contributed by atoms with Crippen molar-refractivity contribution in [1.82, 2.24) is 0 Å². The SMILES string of the molecule is NOc1ccc(N(c2ccc(Nc3ccc(N)cc3)cc2)c2ccc(ON)cc2)cc1. The van der Waals surface area contributed by atoms with E-state index in [2.05, 4.69) is 10.2 Å². The zero-order valence-corrected chi connectivity index (χ0v) is 16.7. The Labute approximate surface area is 180 Å². The van der Waals surface area contributed by atoms with Crippen molar-refractivity contribution in [2.75, 3.05) is 16.0 Å². The van der Waals surface area contributed by atoms with Crippen molar-refractivity contribution < 1.29 is 9.68 Å². The first-order valence-corrected chi connectivity index (χ1v) is 9.62. The largest absolute Gasteiger partial charge is 0.412 e. The van der Waals surface area contributed by atoms with Crippen LogP contribution in [-0.2, 0) is 0 Å². The Morgan fingerprint density at radius 3 is 1.26 bits per heavy atom. The quantitative estimate of drug-likeness (QED) is 0.249. The highest BCUT2D eigenvalue weighted by atomic mass is 16.6. The lowest BCUT2D eigenvalue weighted by molar-refractivity contribution is 0.334. The molecule has 0 unspecified atom stereocenters. The Morgan fingerprint density at radius 2 is 0.871 bits per heavy atom. The zero-order valence-electron chi connectivity index (χ0n) is 16.7. The van der Waals surface area contributed by atoms with Gasteiger partial charge in [0.2, 0.25) is 0 Å². The molecule has 0 atom stereocenters. The molecule has 0 saturated carbocycles. The molecule has 0 spiro atoms. The van der Waals surface area contributed by atoms with E-state index in [0.717, 1.165) is 34.1 Å². The lowest BCUT2D eigenvalue weighted by Gasteiger charge is -2.26. The van der Waals surface area contributed by atoms with Gasteiger partial charge in [0.1, 0.15) is 11.5 Å². The van der Waals surface area contributed by atoms with Crippen LogP contribution in [0.3, 0.4) is 0 Å². The predicted molar refractivity (Wildman–Crippen MR) is 125 cm³/mol.